The van der Waals surface area contributed by atoms with E-state index < -0.39 is 0 Å². The molecule has 0 rings (SSSR count). The maximum atomic E-state index is 9.16. The van der Waals surface area contributed by atoms with Crippen molar-refractivity contribution >= 4 is 0 Å². The lowest BCUT2D eigenvalue weighted by atomic mass is 10.1. The second kappa shape index (κ2) is 14.3. The fraction of sp³-hybridized carbons (Fsp3) is 1.00. The number of nitrogens with zero attached hydrogens (tertiary/aromatic N) is 1. The smallest absolute Gasteiger partial charge is 0.0558 e. The zero-order chi connectivity index (χ0) is 14.3. The predicted octanol–water partition coefficient (Wildman–Crippen LogP) is 4.61. The largest absolute Gasteiger partial charge is 0.395 e. The Morgan fingerprint density at radius 2 is 1.26 bits per heavy atom. The van der Waals surface area contributed by atoms with Crippen LogP contribution >= 0.6 is 0 Å². The van der Waals surface area contributed by atoms with Gasteiger partial charge >= 0.3 is 0 Å². The van der Waals surface area contributed by atoms with Gasteiger partial charge in [-0.05, 0) is 25.8 Å². The first-order valence-electron chi connectivity index (χ1n) is 8.64. The van der Waals surface area contributed by atoms with Gasteiger partial charge in [-0.25, -0.2) is 0 Å². The van der Waals surface area contributed by atoms with Gasteiger partial charge in [-0.3, -0.25) is 4.90 Å². The van der Waals surface area contributed by atoms with Gasteiger partial charge in [-0.1, -0.05) is 65.7 Å². The van der Waals surface area contributed by atoms with Gasteiger partial charge in [0.05, 0.1) is 6.61 Å². The molecule has 0 aliphatic carbocycles. The third kappa shape index (κ3) is 10.4. The molecule has 0 saturated carbocycles. The summed E-state index contributed by atoms with van der Waals surface area (Å²) in [5, 5.41) is 9.16. The van der Waals surface area contributed by atoms with E-state index in [4.69, 9.17) is 5.11 Å². The van der Waals surface area contributed by atoms with Gasteiger partial charge in [0.25, 0.3) is 0 Å². The Labute approximate surface area is 121 Å². The van der Waals surface area contributed by atoms with Crippen LogP contribution < -0.4 is 0 Å². The lowest BCUT2D eigenvalue weighted by Gasteiger charge is -2.29. The summed E-state index contributed by atoms with van der Waals surface area (Å²) in [6.45, 7) is 9.10. The summed E-state index contributed by atoms with van der Waals surface area (Å²) < 4.78 is 0. The third-order valence-electron chi connectivity index (χ3n) is 4.14. The topological polar surface area (TPSA) is 23.5 Å². The van der Waals surface area contributed by atoms with Crippen molar-refractivity contribution in [3.8, 4) is 0 Å². The molecule has 0 radical (unpaired) electrons. The first kappa shape index (κ1) is 18.9. The molecule has 1 N–H and O–H groups in total. The summed E-state index contributed by atoms with van der Waals surface area (Å²) in [7, 11) is 0. The summed E-state index contributed by atoms with van der Waals surface area (Å²) in [6, 6.07) is 0.664. The van der Waals surface area contributed by atoms with Crippen LogP contribution in [0.15, 0.2) is 0 Å². The van der Waals surface area contributed by atoms with Crippen LogP contribution in [0.2, 0.25) is 0 Å². The molecule has 0 bridgehead atoms. The van der Waals surface area contributed by atoms with Crippen LogP contribution in [0.5, 0.6) is 0 Å². The minimum absolute atomic E-state index is 0.299. The molecule has 0 fully saturated rings. The van der Waals surface area contributed by atoms with Crippen molar-refractivity contribution in [1.29, 1.82) is 0 Å². The average Bonchev–Trinajstić information content (AvgIpc) is 2.43. The lowest BCUT2D eigenvalue weighted by molar-refractivity contribution is 0.141. The van der Waals surface area contributed by atoms with Crippen molar-refractivity contribution in [2.75, 3.05) is 19.7 Å². The van der Waals surface area contributed by atoms with Crippen LogP contribution in [0.4, 0.5) is 0 Å². The predicted molar refractivity (Wildman–Crippen MR) is 85.6 cm³/mol. The van der Waals surface area contributed by atoms with E-state index in [9.17, 15) is 0 Å². The lowest BCUT2D eigenvalue weighted by Crippen LogP contribution is -2.37. The summed E-state index contributed by atoms with van der Waals surface area (Å²) in [5.41, 5.74) is 0. The highest BCUT2D eigenvalue weighted by molar-refractivity contribution is 4.68. The van der Waals surface area contributed by atoms with Gasteiger partial charge in [0.1, 0.15) is 0 Å². The standard InChI is InChI=1S/C17H37NO/c1-4-7-8-9-10-11-12-13-14-18(15-16-19)17(5-2)6-3/h17,19H,4-16H2,1-3H3. The second-order valence-corrected chi connectivity index (χ2v) is 5.70. The molecule has 0 heterocycles. The minimum atomic E-state index is 0.299. The summed E-state index contributed by atoms with van der Waals surface area (Å²) in [5.74, 6) is 0. The van der Waals surface area contributed by atoms with Gasteiger partial charge in [-0.15, -0.1) is 0 Å². The fourth-order valence-electron chi connectivity index (χ4n) is 2.86. The van der Waals surface area contributed by atoms with Crippen molar-refractivity contribution < 1.29 is 5.11 Å². The molecular weight excluding hydrogens is 234 g/mol. The highest BCUT2D eigenvalue weighted by Crippen LogP contribution is 2.12. The highest BCUT2D eigenvalue weighted by Gasteiger charge is 2.13. The highest BCUT2D eigenvalue weighted by atomic mass is 16.3. The van der Waals surface area contributed by atoms with E-state index >= 15 is 0 Å². The molecule has 116 valence electrons. The van der Waals surface area contributed by atoms with Crippen LogP contribution in [0, 0.1) is 0 Å². The Kier molecular flexibility index (Phi) is 14.3. The van der Waals surface area contributed by atoms with E-state index in [0.717, 1.165) is 6.54 Å². The maximum Gasteiger partial charge on any atom is 0.0558 e. The third-order valence-corrected chi connectivity index (χ3v) is 4.14. The number of aliphatic hydroxyl groups is 1. The minimum Gasteiger partial charge on any atom is -0.395 e. The van der Waals surface area contributed by atoms with E-state index in [0.29, 0.717) is 12.6 Å². The van der Waals surface area contributed by atoms with Crippen LogP contribution in [-0.4, -0.2) is 35.7 Å². The maximum absolute atomic E-state index is 9.16. The fourth-order valence-corrected chi connectivity index (χ4v) is 2.86. The van der Waals surface area contributed by atoms with E-state index in [1.54, 1.807) is 0 Å². The first-order chi connectivity index (χ1) is 9.29. The van der Waals surface area contributed by atoms with Crippen molar-refractivity contribution in [2.24, 2.45) is 0 Å². The van der Waals surface area contributed by atoms with Crippen molar-refractivity contribution in [1.82, 2.24) is 4.90 Å². The van der Waals surface area contributed by atoms with E-state index in [-0.39, 0.29) is 0 Å². The monoisotopic (exact) mass is 271 g/mol. The molecule has 0 amide bonds. The SMILES string of the molecule is CCCCCCCCCCN(CCO)C(CC)CC. The Bertz CT molecular complexity index is 169. The average molecular weight is 271 g/mol. The van der Waals surface area contributed by atoms with E-state index in [1.807, 2.05) is 0 Å². The van der Waals surface area contributed by atoms with Crippen molar-refractivity contribution in [3.63, 3.8) is 0 Å². The Hall–Kier alpha value is -0.0800. The molecule has 0 saturated heterocycles. The summed E-state index contributed by atoms with van der Waals surface area (Å²) in [6.07, 6.45) is 13.4. The van der Waals surface area contributed by atoms with Crippen LogP contribution in [0.25, 0.3) is 0 Å². The Balaban J connectivity index is 3.58. The Morgan fingerprint density at radius 1 is 0.737 bits per heavy atom. The van der Waals surface area contributed by atoms with Crippen LogP contribution in [0.3, 0.4) is 0 Å². The zero-order valence-corrected chi connectivity index (χ0v) is 13.7. The number of hydrogen-bond acceptors (Lipinski definition) is 2. The molecule has 19 heavy (non-hydrogen) atoms. The molecular formula is C17H37NO. The van der Waals surface area contributed by atoms with Crippen LogP contribution in [0.1, 0.15) is 85.0 Å². The van der Waals surface area contributed by atoms with Gasteiger partial charge < -0.3 is 5.11 Å². The number of unbranched alkanes of at least 4 members (excludes halogenated alkanes) is 7. The molecule has 2 heteroatoms. The van der Waals surface area contributed by atoms with E-state index in [2.05, 4.69) is 25.7 Å². The molecule has 0 aromatic carbocycles. The molecule has 0 aliphatic rings. The number of hydrogen-bond donors (Lipinski definition) is 1. The molecule has 2 nitrogen and oxygen atoms in total. The number of aliphatic hydroxyl groups excluding tert-OH is 1. The van der Waals surface area contributed by atoms with Crippen molar-refractivity contribution in [2.45, 2.75) is 91.0 Å². The first-order valence-corrected chi connectivity index (χ1v) is 8.64. The molecule has 0 aromatic heterocycles. The second-order valence-electron chi connectivity index (χ2n) is 5.70. The van der Waals surface area contributed by atoms with Crippen LogP contribution in [-0.2, 0) is 0 Å². The number of rotatable bonds is 14. The molecule has 0 spiro atoms. The molecule has 0 unspecified atom stereocenters. The van der Waals surface area contributed by atoms with Gasteiger partial charge in [0.15, 0.2) is 0 Å². The molecule has 0 atom stereocenters. The normalized spacial score (nSPS) is 11.7. The Morgan fingerprint density at radius 3 is 1.74 bits per heavy atom. The van der Waals surface area contributed by atoms with Gasteiger partial charge in [0.2, 0.25) is 0 Å². The summed E-state index contributed by atoms with van der Waals surface area (Å²) in [4.78, 5) is 2.48. The molecule has 0 aromatic rings. The van der Waals surface area contributed by atoms with Gasteiger partial charge in [-0.2, -0.15) is 0 Å². The zero-order valence-electron chi connectivity index (χ0n) is 13.7. The quantitative estimate of drug-likeness (QED) is 0.466. The van der Waals surface area contributed by atoms with Gasteiger partial charge in [0, 0.05) is 12.6 Å². The molecule has 0 aliphatic heterocycles. The van der Waals surface area contributed by atoms with Crippen molar-refractivity contribution in [3.05, 3.63) is 0 Å². The van der Waals surface area contributed by atoms with E-state index in [1.165, 1.54) is 70.8 Å². The summed E-state index contributed by atoms with van der Waals surface area (Å²) >= 11 is 0.